The van der Waals surface area contributed by atoms with Gasteiger partial charge in [0.25, 0.3) is 11.8 Å². The summed E-state index contributed by atoms with van der Waals surface area (Å²) in [5.74, 6) is -0.0232. The van der Waals surface area contributed by atoms with E-state index >= 15 is 0 Å². The van der Waals surface area contributed by atoms with Crippen molar-refractivity contribution >= 4 is 28.2 Å². The third-order valence-electron chi connectivity index (χ3n) is 4.89. The number of carbonyl (C=O) groups excluding carboxylic acids is 2. The van der Waals surface area contributed by atoms with Crippen LogP contribution in [0.5, 0.6) is 5.75 Å². The number of rotatable bonds is 6. The number of hydrogen-bond donors (Lipinski definition) is 3. The van der Waals surface area contributed by atoms with Crippen LogP contribution in [-0.2, 0) is 13.0 Å². The first-order valence-corrected chi connectivity index (χ1v) is 10.1. The van der Waals surface area contributed by atoms with Crippen molar-refractivity contribution in [1.29, 1.82) is 0 Å². The molecule has 2 amide bonds. The topological polar surface area (TPSA) is 85.9 Å². The summed E-state index contributed by atoms with van der Waals surface area (Å²) in [6.45, 7) is 8.69. The van der Waals surface area contributed by atoms with Crippen LogP contribution >= 0.6 is 11.3 Å². The molecule has 0 spiro atoms. The van der Waals surface area contributed by atoms with E-state index in [-0.39, 0.29) is 5.91 Å². The molecule has 0 bridgehead atoms. The lowest BCUT2D eigenvalue weighted by Gasteiger charge is -2.27. The summed E-state index contributed by atoms with van der Waals surface area (Å²) in [5, 5.41) is 3.44. The number of nitrogens with two attached hydrogens (primary N) is 1. The highest BCUT2D eigenvalue weighted by atomic mass is 32.1. The van der Waals surface area contributed by atoms with Gasteiger partial charge in [-0.05, 0) is 50.6 Å². The van der Waals surface area contributed by atoms with E-state index < -0.39 is 5.91 Å². The minimum absolute atomic E-state index is 0.257. The number of anilines is 1. The predicted molar refractivity (Wildman–Crippen MR) is 107 cm³/mol. The Hall–Kier alpha value is -2.38. The molecule has 2 aromatic rings. The summed E-state index contributed by atoms with van der Waals surface area (Å²) in [6.07, 6.45) is 0.802. The Labute approximate surface area is 163 Å². The van der Waals surface area contributed by atoms with E-state index in [4.69, 9.17) is 10.5 Å². The quantitative estimate of drug-likeness (QED) is 0.706. The number of benzene rings is 1. The molecule has 0 saturated heterocycles. The highest BCUT2D eigenvalue weighted by Gasteiger charge is 2.30. The van der Waals surface area contributed by atoms with Gasteiger partial charge in [-0.1, -0.05) is 0 Å². The molecular weight excluding hydrogens is 362 g/mol. The fraction of sp³-hybridized carbons (Fsp3) is 0.400. The number of fused-ring (bicyclic) bond motifs is 1. The second-order valence-corrected chi connectivity index (χ2v) is 8.08. The van der Waals surface area contributed by atoms with Gasteiger partial charge in [-0.2, -0.15) is 0 Å². The van der Waals surface area contributed by atoms with Crippen molar-refractivity contribution < 1.29 is 19.2 Å². The Morgan fingerprint density at radius 3 is 2.59 bits per heavy atom. The Kier molecular flexibility index (Phi) is 5.82. The van der Waals surface area contributed by atoms with E-state index in [1.807, 2.05) is 6.92 Å². The highest BCUT2D eigenvalue weighted by molar-refractivity contribution is 7.17. The van der Waals surface area contributed by atoms with Gasteiger partial charge in [0.1, 0.15) is 17.3 Å². The standard InChI is InChI=1S/C20H25N3O3S/c1-4-26-14-7-5-13(6-8-14)19(25)22-20-17(18(21)24)15-9-10-23(12(2)3)11-16(15)27-20/h5-8,12H,4,9-11H2,1-3H3,(H2,21,24)(H,22,25)/p+1. The predicted octanol–water partition coefficient (Wildman–Crippen LogP) is 1.85. The number of primary amides is 1. The van der Waals surface area contributed by atoms with Gasteiger partial charge in [-0.3, -0.25) is 9.59 Å². The average molecular weight is 389 g/mol. The van der Waals surface area contributed by atoms with Gasteiger partial charge in [-0.25, -0.2) is 0 Å². The van der Waals surface area contributed by atoms with Gasteiger partial charge in [-0.15, -0.1) is 11.3 Å². The molecule has 1 aliphatic rings. The monoisotopic (exact) mass is 388 g/mol. The van der Waals surface area contributed by atoms with Gasteiger partial charge in [0.05, 0.1) is 29.6 Å². The van der Waals surface area contributed by atoms with Crippen LogP contribution in [0.25, 0.3) is 0 Å². The van der Waals surface area contributed by atoms with Crippen LogP contribution in [0.4, 0.5) is 5.00 Å². The lowest BCUT2D eigenvalue weighted by molar-refractivity contribution is -0.936. The second-order valence-electron chi connectivity index (χ2n) is 6.97. The molecule has 1 aromatic carbocycles. The van der Waals surface area contributed by atoms with E-state index in [2.05, 4.69) is 19.2 Å². The zero-order chi connectivity index (χ0) is 19.6. The summed E-state index contributed by atoms with van der Waals surface area (Å²) >= 11 is 1.47. The van der Waals surface area contributed by atoms with Crippen LogP contribution in [0.15, 0.2) is 24.3 Å². The van der Waals surface area contributed by atoms with Crippen LogP contribution in [0.3, 0.4) is 0 Å². The number of amides is 2. The zero-order valence-corrected chi connectivity index (χ0v) is 16.7. The van der Waals surface area contributed by atoms with Crippen molar-refractivity contribution in [3.8, 4) is 5.75 Å². The first-order chi connectivity index (χ1) is 12.9. The normalized spacial score (nSPS) is 16.1. The summed E-state index contributed by atoms with van der Waals surface area (Å²) in [6, 6.07) is 7.46. The molecular formula is C20H26N3O3S+. The largest absolute Gasteiger partial charge is 0.494 e. The molecule has 0 saturated carbocycles. The third kappa shape index (κ3) is 4.14. The van der Waals surface area contributed by atoms with Crippen molar-refractivity contribution in [2.24, 2.45) is 5.73 Å². The minimum atomic E-state index is -0.484. The van der Waals surface area contributed by atoms with Crippen molar-refractivity contribution in [3.05, 3.63) is 45.8 Å². The van der Waals surface area contributed by atoms with Gasteiger partial charge >= 0.3 is 0 Å². The lowest BCUT2D eigenvalue weighted by Crippen LogP contribution is -3.14. The maximum absolute atomic E-state index is 12.6. The molecule has 1 atom stereocenters. The molecule has 0 aliphatic carbocycles. The Morgan fingerprint density at radius 2 is 2.00 bits per heavy atom. The summed E-state index contributed by atoms with van der Waals surface area (Å²) in [5.41, 5.74) is 7.62. The minimum Gasteiger partial charge on any atom is -0.494 e. The SMILES string of the molecule is CCOc1ccc(C(=O)Nc2sc3c(c2C(N)=O)CC[NH+](C(C)C)C3)cc1. The molecule has 1 aromatic heterocycles. The van der Waals surface area contributed by atoms with E-state index in [1.165, 1.54) is 16.2 Å². The van der Waals surface area contributed by atoms with Crippen LogP contribution in [0, 0.1) is 0 Å². The Bertz CT molecular complexity index is 843. The number of carbonyl (C=O) groups is 2. The zero-order valence-electron chi connectivity index (χ0n) is 15.9. The van der Waals surface area contributed by atoms with Crippen LogP contribution in [0.2, 0.25) is 0 Å². The van der Waals surface area contributed by atoms with E-state index in [0.29, 0.717) is 28.8 Å². The van der Waals surface area contributed by atoms with Crippen LogP contribution < -0.4 is 20.7 Å². The van der Waals surface area contributed by atoms with Crippen molar-refractivity contribution in [2.45, 2.75) is 39.8 Å². The van der Waals surface area contributed by atoms with Crippen molar-refractivity contribution in [2.75, 3.05) is 18.5 Å². The molecule has 1 unspecified atom stereocenters. The van der Waals surface area contributed by atoms with E-state index in [0.717, 1.165) is 35.7 Å². The highest BCUT2D eigenvalue weighted by Crippen LogP contribution is 2.34. The molecule has 3 rings (SSSR count). The Morgan fingerprint density at radius 1 is 1.30 bits per heavy atom. The van der Waals surface area contributed by atoms with Crippen LogP contribution in [-0.4, -0.2) is 31.0 Å². The third-order valence-corrected chi connectivity index (χ3v) is 6.04. The summed E-state index contributed by atoms with van der Waals surface area (Å²) < 4.78 is 5.40. The average Bonchev–Trinajstić information content (AvgIpc) is 2.99. The molecule has 27 heavy (non-hydrogen) atoms. The summed E-state index contributed by atoms with van der Waals surface area (Å²) in [7, 11) is 0. The lowest BCUT2D eigenvalue weighted by atomic mass is 10.0. The number of thiophene rings is 1. The van der Waals surface area contributed by atoms with Crippen molar-refractivity contribution in [3.63, 3.8) is 0 Å². The molecule has 2 heterocycles. The number of nitrogens with one attached hydrogen (secondary N) is 2. The first-order valence-electron chi connectivity index (χ1n) is 9.23. The van der Waals surface area contributed by atoms with Gasteiger partial charge < -0.3 is 20.7 Å². The van der Waals surface area contributed by atoms with Gasteiger partial charge in [0.15, 0.2) is 0 Å². The molecule has 7 heteroatoms. The van der Waals surface area contributed by atoms with Gasteiger partial charge in [0, 0.05) is 12.0 Å². The molecule has 6 nitrogen and oxygen atoms in total. The first kappa shape index (κ1) is 19.4. The van der Waals surface area contributed by atoms with Gasteiger partial charge in [0.2, 0.25) is 0 Å². The maximum atomic E-state index is 12.6. The van der Waals surface area contributed by atoms with E-state index in [9.17, 15) is 9.59 Å². The molecule has 144 valence electrons. The smallest absolute Gasteiger partial charge is 0.256 e. The number of quaternary nitrogens is 1. The van der Waals surface area contributed by atoms with Crippen molar-refractivity contribution in [1.82, 2.24) is 0 Å². The van der Waals surface area contributed by atoms with E-state index in [1.54, 1.807) is 24.3 Å². The van der Waals surface area contributed by atoms with Crippen LogP contribution in [0.1, 0.15) is 51.9 Å². The summed E-state index contributed by atoms with van der Waals surface area (Å²) in [4.78, 5) is 27.3. The second kappa shape index (κ2) is 8.10. The number of ether oxygens (including phenoxy) is 1. The maximum Gasteiger partial charge on any atom is 0.256 e. The molecule has 4 N–H and O–H groups in total. The number of hydrogen-bond acceptors (Lipinski definition) is 4. The molecule has 0 radical (unpaired) electrons. The Balaban J connectivity index is 1.84. The molecule has 0 fully saturated rings. The fourth-order valence-electron chi connectivity index (χ4n) is 3.39. The fourth-order valence-corrected chi connectivity index (χ4v) is 4.69. The molecule has 1 aliphatic heterocycles.